The molecular weight excluding hydrogens is 252 g/mol. The van der Waals surface area contributed by atoms with E-state index < -0.39 is 0 Å². The minimum atomic E-state index is 0.398. The number of rotatable bonds is 8. The summed E-state index contributed by atoms with van der Waals surface area (Å²) in [6.45, 7) is 11.1. The summed E-state index contributed by atoms with van der Waals surface area (Å²) in [7, 11) is 0. The van der Waals surface area contributed by atoms with Crippen LogP contribution in [0.5, 0.6) is 0 Å². The molecule has 0 aromatic heterocycles. The quantitative estimate of drug-likeness (QED) is 0.524. The van der Waals surface area contributed by atoms with Crippen LogP contribution in [0, 0.1) is 0 Å². The molecule has 0 N–H and O–H groups in total. The Morgan fingerprint density at radius 3 is 2.11 bits per heavy atom. The molecule has 19 heavy (non-hydrogen) atoms. The van der Waals surface area contributed by atoms with E-state index in [0.29, 0.717) is 18.1 Å². The summed E-state index contributed by atoms with van der Waals surface area (Å²) >= 11 is 1.90. The fourth-order valence-corrected chi connectivity index (χ4v) is 3.03. The van der Waals surface area contributed by atoms with Crippen molar-refractivity contribution >= 4 is 11.8 Å². The molecule has 1 aromatic carbocycles. The van der Waals surface area contributed by atoms with Crippen molar-refractivity contribution in [3.05, 3.63) is 30.3 Å². The predicted octanol–water partition coefficient (Wildman–Crippen LogP) is 4.20. The van der Waals surface area contributed by atoms with Crippen LogP contribution in [0.3, 0.4) is 0 Å². The first kappa shape index (κ1) is 16.5. The lowest BCUT2D eigenvalue weighted by molar-refractivity contribution is 0.0772. The molecule has 0 aliphatic heterocycles. The van der Waals surface area contributed by atoms with Crippen LogP contribution in [-0.4, -0.2) is 28.9 Å². The molecule has 2 nitrogen and oxygen atoms in total. The molecule has 3 heteroatoms. The van der Waals surface area contributed by atoms with Gasteiger partial charge in [-0.1, -0.05) is 25.1 Å². The van der Waals surface area contributed by atoms with Gasteiger partial charge in [-0.2, -0.15) is 5.43 Å². The van der Waals surface area contributed by atoms with E-state index in [0.717, 1.165) is 12.2 Å². The third kappa shape index (κ3) is 5.98. The van der Waals surface area contributed by atoms with Gasteiger partial charge in [-0.15, -0.1) is 11.8 Å². The summed E-state index contributed by atoms with van der Waals surface area (Å²) in [4.78, 5) is 1.33. The smallest absolute Gasteiger partial charge is 0.0510 e. The molecule has 0 heterocycles. The van der Waals surface area contributed by atoms with Gasteiger partial charge in [0.25, 0.3) is 0 Å². The Bertz CT molecular complexity index is 330. The molecule has 0 saturated heterocycles. The van der Waals surface area contributed by atoms with Crippen LogP contribution in [0.2, 0.25) is 0 Å². The number of nitrogens with zero attached hydrogens (tertiary/aromatic N) is 2. The third-order valence-electron chi connectivity index (χ3n) is 3.01. The molecule has 1 rings (SSSR count). The monoisotopic (exact) mass is 279 g/mol. The second-order valence-electron chi connectivity index (χ2n) is 5.37. The normalized spacial score (nSPS) is 13.5. The van der Waals surface area contributed by atoms with Crippen molar-refractivity contribution in [3.63, 3.8) is 0 Å². The van der Waals surface area contributed by atoms with Crippen LogP contribution in [0.4, 0.5) is 0 Å². The first-order valence-electron chi connectivity index (χ1n) is 7.21. The SMILES string of the molecule is CCC(CSc1ccccc1)[N]N(C(C)C)C(C)C. The lowest BCUT2D eigenvalue weighted by Gasteiger charge is -2.32. The van der Waals surface area contributed by atoms with Gasteiger partial charge in [0.05, 0.1) is 6.04 Å². The van der Waals surface area contributed by atoms with Gasteiger partial charge < -0.3 is 0 Å². The predicted molar refractivity (Wildman–Crippen MR) is 85.5 cm³/mol. The second-order valence-corrected chi connectivity index (χ2v) is 6.46. The number of benzene rings is 1. The summed E-state index contributed by atoms with van der Waals surface area (Å²) in [6.07, 6.45) is 1.09. The molecular formula is C16H27N2S. The molecule has 0 amide bonds. The molecule has 0 aliphatic carbocycles. The third-order valence-corrected chi connectivity index (χ3v) is 4.17. The Morgan fingerprint density at radius 2 is 1.63 bits per heavy atom. The molecule has 1 radical (unpaired) electrons. The van der Waals surface area contributed by atoms with Gasteiger partial charge in [0, 0.05) is 22.7 Å². The minimum Gasteiger partial charge on any atom is -0.222 e. The van der Waals surface area contributed by atoms with Crippen molar-refractivity contribution in [3.8, 4) is 0 Å². The maximum Gasteiger partial charge on any atom is 0.0510 e. The maximum atomic E-state index is 4.92. The topological polar surface area (TPSA) is 17.3 Å². The van der Waals surface area contributed by atoms with Crippen LogP contribution >= 0.6 is 11.8 Å². The number of thioether (sulfide) groups is 1. The summed E-state index contributed by atoms with van der Waals surface area (Å²) in [5, 5.41) is 2.24. The Balaban J connectivity index is 2.49. The molecule has 0 saturated carbocycles. The zero-order chi connectivity index (χ0) is 14.3. The van der Waals surface area contributed by atoms with Crippen LogP contribution in [-0.2, 0) is 0 Å². The molecule has 0 bridgehead atoms. The van der Waals surface area contributed by atoms with Crippen LogP contribution in [0.25, 0.3) is 0 Å². The zero-order valence-corrected chi connectivity index (χ0v) is 13.7. The van der Waals surface area contributed by atoms with Gasteiger partial charge in [0.2, 0.25) is 0 Å². The summed E-state index contributed by atoms with van der Waals surface area (Å²) in [5.41, 5.74) is 4.92. The molecule has 0 aliphatic rings. The van der Waals surface area contributed by atoms with E-state index in [4.69, 9.17) is 5.43 Å². The Labute approximate surface area is 122 Å². The van der Waals surface area contributed by atoms with Crippen LogP contribution in [0.15, 0.2) is 35.2 Å². The highest BCUT2D eigenvalue weighted by molar-refractivity contribution is 7.99. The second kappa shape index (κ2) is 8.62. The van der Waals surface area contributed by atoms with Gasteiger partial charge in [-0.3, -0.25) is 0 Å². The lowest BCUT2D eigenvalue weighted by Crippen LogP contribution is -2.47. The first-order chi connectivity index (χ1) is 9.04. The fraction of sp³-hybridized carbons (Fsp3) is 0.625. The van der Waals surface area contributed by atoms with Gasteiger partial charge in [0.15, 0.2) is 0 Å². The van der Waals surface area contributed by atoms with E-state index >= 15 is 0 Å². The Morgan fingerprint density at radius 1 is 1.05 bits per heavy atom. The van der Waals surface area contributed by atoms with E-state index in [9.17, 15) is 0 Å². The van der Waals surface area contributed by atoms with Crippen molar-refractivity contribution in [2.24, 2.45) is 0 Å². The summed E-state index contributed by atoms with van der Waals surface area (Å²) < 4.78 is 0. The molecule has 107 valence electrons. The summed E-state index contributed by atoms with van der Waals surface area (Å²) in [5.74, 6) is 1.05. The zero-order valence-electron chi connectivity index (χ0n) is 12.8. The maximum absolute atomic E-state index is 4.92. The molecule has 1 aromatic rings. The van der Waals surface area contributed by atoms with Crippen molar-refractivity contribution in [2.75, 3.05) is 5.75 Å². The highest BCUT2D eigenvalue weighted by Gasteiger charge is 2.19. The average Bonchev–Trinajstić information content (AvgIpc) is 2.39. The highest BCUT2D eigenvalue weighted by Crippen LogP contribution is 2.19. The van der Waals surface area contributed by atoms with Crippen molar-refractivity contribution in [2.45, 2.75) is 64.1 Å². The summed E-state index contributed by atoms with van der Waals surface area (Å²) in [6, 6.07) is 11.9. The average molecular weight is 279 g/mol. The largest absolute Gasteiger partial charge is 0.222 e. The van der Waals surface area contributed by atoms with Crippen molar-refractivity contribution in [1.82, 2.24) is 10.4 Å². The minimum absolute atomic E-state index is 0.398. The van der Waals surface area contributed by atoms with Gasteiger partial charge in [-0.05, 0) is 46.2 Å². The molecule has 0 spiro atoms. The van der Waals surface area contributed by atoms with E-state index in [1.54, 1.807) is 0 Å². The first-order valence-corrected chi connectivity index (χ1v) is 8.20. The van der Waals surface area contributed by atoms with Crippen LogP contribution in [0.1, 0.15) is 41.0 Å². The van der Waals surface area contributed by atoms with E-state index in [1.807, 2.05) is 11.8 Å². The van der Waals surface area contributed by atoms with Crippen molar-refractivity contribution in [1.29, 1.82) is 0 Å². The van der Waals surface area contributed by atoms with Crippen molar-refractivity contribution < 1.29 is 0 Å². The molecule has 0 fully saturated rings. The van der Waals surface area contributed by atoms with Gasteiger partial charge in [0.1, 0.15) is 0 Å². The van der Waals surface area contributed by atoms with E-state index in [-0.39, 0.29) is 0 Å². The van der Waals surface area contributed by atoms with Gasteiger partial charge >= 0.3 is 0 Å². The fourth-order valence-electron chi connectivity index (χ4n) is 1.99. The number of hydrogen-bond acceptors (Lipinski definition) is 2. The molecule has 1 unspecified atom stereocenters. The van der Waals surface area contributed by atoms with Gasteiger partial charge in [-0.25, -0.2) is 5.01 Å². The Hall–Kier alpha value is -0.510. The highest BCUT2D eigenvalue weighted by atomic mass is 32.2. The standard InChI is InChI=1S/C16H27N2S/c1-6-15(17-18(13(2)3)14(4)5)12-19-16-10-8-7-9-11-16/h7-11,13-15H,6,12H2,1-5H3. The number of hydrogen-bond donors (Lipinski definition) is 0. The van der Waals surface area contributed by atoms with E-state index in [2.05, 4.69) is 70.0 Å². The Kier molecular flexibility index (Phi) is 7.51. The van der Waals surface area contributed by atoms with E-state index in [1.165, 1.54) is 4.90 Å². The molecule has 1 atom stereocenters. The van der Waals surface area contributed by atoms with Crippen LogP contribution < -0.4 is 5.43 Å². The lowest BCUT2D eigenvalue weighted by atomic mass is 10.2.